The van der Waals surface area contributed by atoms with E-state index < -0.39 is 20.8 Å². The van der Waals surface area contributed by atoms with Crippen LogP contribution in [0.15, 0.2) is 53.4 Å². The zero-order valence-corrected chi connectivity index (χ0v) is 13.5. The number of halogens is 1. The summed E-state index contributed by atoms with van der Waals surface area (Å²) < 4.78 is 37.6. The number of thiocarbonyl (C=S) groups is 1. The van der Waals surface area contributed by atoms with Gasteiger partial charge in [-0.1, -0.05) is 18.2 Å². The van der Waals surface area contributed by atoms with Gasteiger partial charge in [-0.3, -0.25) is 15.5 Å². The molecule has 3 N–H and O–H groups in total. The fourth-order valence-electron chi connectivity index (χ4n) is 1.65. The van der Waals surface area contributed by atoms with Crippen molar-refractivity contribution in [1.29, 1.82) is 0 Å². The van der Waals surface area contributed by atoms with Gasteiger partial charge in [0.1, 0.15) is 5.82 Å². The van der Waals surface area contributed by atoms with Gasteiger partial charge in [-0.15, -0.1) is 4.83 Å². The molecule has 2 aromatic carbocycles. The number of hydrogen-bond acceptors (Lipinski definition) is 5. The van der Waals surface area contributed by atoms with E-state index in [9.17, 15) is 22.9 Å². The summed E-state index contributed by atoms with van der Waals surface area (Å²) in [5.41, 5.74) is 1.88. The third kappa shape index (κ3) is 4.44. The molecule has 0 radical (unpaired) electrons. The molecule has 0 heterocycles. The second-order valence-electron chi connectivity index (χ2n) is 4.42. The van der Waals surface area contributed by atoms with E-state index in [4.69, 9.17) is 12.2 Å². The Morgan fingerprint density at radius 2 is 1.88 bits per heavy atom. The average molecular weight is 370 g/mol. The van der Waals surface area contributed by atoms with Gasteiger partial charge in [0.2, 0.25) is 0 Å². The molecule has 2 rings (SSSR count). The maximum atomic E-state index is 13.5. The second-order valence-corrected chi connectivity index (χ2v) is 6.51. The first-order chi connectivity index (χ1) is 11.3. The van der Waals surface area contributed by atoms with Crippen molar-refractivity contribution >= 4 is 38.7 Å². The highest BCUT2D eigenvalue weighted by atomic mass is 32.2. The molecule has 11 heteroatoms. The van der Waals surface area contributed by atoms with Crippen molar-refractivity contribution in [2.24, 2.45) is 0 Å². The summed E-state index contributed by atoms with van der Waals surface area (Å²) in [6.07, 6.45) is 0. The lowest BCUT2D eigenvalue weighted by Crippen LogP contribution is -2.43. The van der Waals surface area contributed by atoms with Crippen LogP contribution in [0, 0.1) is 15.9 Å². The molecular formula is C13H11FN4O4S2. The number of nitrogens with zero attached hydrogens (tertiary/aromatic N) is 1. The molecule has 0 saturated carbocycles. The van der Waals surface area contributed by atoms with Crippen LogP contribution in [0.3, 0.4) is 0 Å². The monoisotopic (exact) mass is 370 g/mol. The first-order valence-corrected chi connectivity index (χ1v) is 8.26. The number of nitro groups is 1. The van der Waals surface area contributed by atoms with E-state index in [1.807, 2.05) is 4.83 Å². The molecule has 0 saturated heterocycles. The SMILES string of the molecule is O=[N+]([O-])c1cccc(S(=O)(=O)NNC(=S)Nc2ccccc2F)c1. The van der Waals surface area contributed by atoms with Gasteiger partial charge < -0.3 is 5.32 Å². The summed E-state index contributed by atoms with van der Waals surface area (Å²) in [7, 11) is -4.10. The van der Waals surface area contributed by atoms with Gasteiger partial charge in [0.05, 0.1) is 15.5 Å². The van der Waals surface area contributed by atoms with Crippen LogP contribution >= 0.6 is 12.2 Å². The molecule has 0 aliphatic heterocycles. The topological polar surface area (TPSA) is 113 Å². The Bertz CT molecular complexity index is 889. The summed E-state index contributed by atoms with van der Waals surface area (Å²) in [6, 6.07) is 10.2. The lowest BCUT2D eigenvalue weighted by atomic mass is 10.3. The van der Waals surface area contributed by atoms with E-state index in [2.05, 4.69) is 10.7 Å². The highest BCUT2D eigenvalue weighted by Gasteiger charge is 2.17. The number of non-ortho nitro benzene ring substituents is 1. The van der Waals surface area contributed by atoms with E-state index in [1.54, 1.807) is 6.07 Å². The number of nitro benzene ring substituents is 1. The Hall–Kier alpha value is -2.63. The van der Waals surface area contributed by atoms with Crippen LogP contribution in [0.1, 0.15) is 0 Å². The fraction of sp³-hybridized carbons (Fsp3) is 0. The number of para-hydroxylation sites is 1. The third-order valence-corrected chi connectivity index (χ3v) is 4.21. The van der Waals surface area contributed by atoms with Crippen molar-refractivity contribution < 1.29 is 17.7 Å². The fourth-order valence-corrected chi connectivity index (χ4v) is 2.77. The molecule has 0 spiro atoms. The summed E-state index contributed by atoms with van der Waals surface area (Å²) in [4.78, 5) is 11.6. The number of rotatable bonds is 5. The van der Waals surface area contributed by atoms with Gasteiger partial charge in [-0.2, -0.15) is 0 Å². The molecule has 8 nitrogen and oxygen atoms in total. The zero-order chi connectivity index (χ0) is 17.7. The second kappa shape index (κ2) is 7.29. The number of benzene rings is 2. The molecule has 0 aromatic heterocycles. The number of hydrogen-bond donors (Lipinski definition) is 3. The molecule has 24 heavy (non-hydrogen) atoms. The Morgan fingerprint density at radius 3 is 2.54 bits per heavy atom. The van der Waals surface area contributed by atoms with Crippen LogP contribution in [0.4, 0.5) is 15.8 Å². The van der Waals surface area contributed by atoms with Gasteiger partial charge in [0, 0.05) is 12.1 Å². The molecule has 2 aromatic rings. The normalized spacial score (nSPS) is 10.9. The first kappa shape index (κ1) is 17.7. The minimum Gasteiger partial charge on any atom is -0.329 e. The number of nitrogens with one attached hydrogen (secondary N) is 3. The summed E-state index contributed by atoms with van der Waals surface area (Å²) in [5.74, 6) is -0.566. The van der Waals surface area contributed by atoms with E-state index in [0.717, 1.165) is 12.1 Å². The van der Waals surface area contributed by atoms with Crippen molar-refractivity contribution in [3.8, 4) is 0 Å². The Balaban J connectivity index is 2.05. The lowest BCUT2D eigenvalue weighted by molar-refractivity contribution is -0.385. The van der Waals surface area contributed by atoms with Gasteiger partial charge in [0.15, 0.2) is 5.11 Å². The standard InChI is InChI=1S/C13H11FN4O4S2/c14-11-6-1-2-7-12(11)15-13(23)16-17-24(21,22)10-5-3-4-9(8-10)18(19)20/h1-8,17H,(H2,15,16,23). The minimum atomic E-state index is -4.10. The molecule has 126 valence electrons. The largest absolute Gasteiger partial charge is 0.329 e. The van der Waals surface area contributed by atoms with E-state index in [0.29, 0.717) is 0 Å². The summed E-state index contributed by atoms with van der Waals surface area (Å²) >= 11 is 4.86. The van der Waals surface area contributed by atoms with Crippen LogP contribution in [-0.4, -0.2) is 18.5 Å². The van der Waals surface area contributed by atoms with Crippen molar-refractivity contribution in [2.75, 3.05) is 5.32 Å². The molecular weight excluding hydrogens is 359 g/mol. The van der Waals surface area contributed by atoms with E-state index in [1.165, 1.54) is 30.3 Å². The highest BCUT2D eigenvalue weighted by molar-refractivity contribution is 7.89. The molecule has 0 atom stereocenters. The summed E-state index contributed by atoms with van der Waals surface area (Å²) in [6.45, 7) is 0. The minimum absolute atomic E-state index is 0.0598. The molecule has 0 fully saturated rings. The zero-order valence-electron chi connectivity index (χ0n) is 11.9. The predicted molar refractivity (Wildman–Crippen MR) is 89.2 cm³/mol. The third-order valence-electron chi connectivity index (χ3n) is 2.76. The average Bonchev–Trinajstić information content (AvgIpc) is 2.55. The van der Waals surface area contributed by atoms with E-state index in [-0.39, 0.29) is 21.4 Å². The van der Waals surface area contributed by atoms with E-state index >= 15 is 0 Å². The van der Waals surface area contributed by atoms with Crippen LogP contribution in [0.25, 0.3) is 0 Å². The maximum Gasteiger partial charge on any atom is 0.270 e. The van der Waals surface area contributed by atoms with Crippen molar-refractivity contribution in [2.45, 2.75) is 4.90 Å². The van der Waals surface area contributed by atoms with Crippen LogP contribution < -0.4 is 15.6 Å². The van der Waals surface area contributed by atoms with Gasteiger partial charge in [-0.05, 0) is 30.4 Å². The number of sulfonamides is 1. The van der Waals surface area contributed by atoms with Crippen molar-refractivity contribution in [3.63, 3.8) is 0 Å². The Labute approximate surface area is 141 Å². The maximum absolute atomic E-state index is 13.5. The molecule has 0 amide bonds. The predicted octanol–water partition coefficient (Wildman–Crippen LogP) is 1.91. The van der Waals surface area contributed by atoms with Crippen LogP contribution in [0.2, 0.25) is 0 Å². The van der Waals surface area contributed by atoms with Gasteiger partial charge in [-0.25, -0.2) is 12.8 Å². The van der Waals surface area contributed by atoms with Crippen molar-refractivity contribution in [3.05, 3.63) is 64.5 Å². The Morgan fingerprint density at radius 1 is 1.17 bits per heavy atom. The number of anilines is 1. The van der Waals surface area contributed by atoms with Crippen LogP contribution in [0.5, 0.6) is 0 Å². The molecule has 0 aliphatic rings. The summed E-state index contributed by atoms with van der Waals surface area (Å²) in [5, 5.41) is 13.0. The highest BCUT2D eigenvalue weighted by Crippen LogP contribution is 2.17. The van der Waals surface area contributed by atoms with Crippen LogP contribution in [-0.2, 0) is 10.0 Å². The van der Waals surface area contributed by atoms with Crippen molar-refractivity contribution in [1.82, 2.24) is 10.3 Å². The quantitative estimate of drug-likeness (QED) is 0.418. The lowest BCUT2D eigenvalue weighted by Gasteiger charge is -2.12. The number of hydrazine groups is 1. The van der Waals surface area contributed by atoms with Gasteiger partial charge >= 0.3 is 0 Å². The first-order valence-electron chi connectivity index (χ1n) is 6.37. The Kier molecular flexibility index (Phi) is 5.39. The smallest absolute Gasteiger partial charge is 0.270 e. The molecule has 0 bridgehead atoms. The van der Waals surface area contributed by atoms with Gasteiger partial charge in [0.25, 0.3) is 15.7 Å². The molecule has 0 aliphatic carbocycles. The molecule has 0 unspecified atom stereocenters.